The first-order valence-electron chi connectivity index (χ1n) is 6.69. The van der Waals surface area contributed by atoms with Gasteiger partial charge in [0.2, 0.25) is 0 Å². The van der Waals surface area contributed by atoms with Crippen LogP contribution in [-0.2, 0) is 4.74 Å². The lowest BCUT2D eigenvalue weighted by molar-refractivity contribution is -0.00975. The maximum atomic E-state index is 5.47. The molecule has 2 aliphatic heterocycles. The Balaban J connectivity index is 1.87. The smallest absolute Gasteiger partial charge is 0.0483 e. The number of hydrogen-bond donors (Lipinski definition) is 1. The third-order valence-corrected chi connectivity index (χ3v) is 4.09. The van der Waals surface area contributed by atoms with E-state index in [1.165, 1.54) is 32.4 Å². The normalized spacial score (nSPS) is 31.1. The van der Waals surface area contributed by atoms with Crippen molar-refractivity contribution >= 4 is 0 Å². The van der Waals surface area contributed by atoms with E-state index < -0.39 is 0 Å². The SMILES string of the molecule is CC(C)NC1CCN(C2(C)CCOCC2)C1. The Labute approximate surface area is 99.5 Å². The van der Waals surface area contributed by atoms with Crippen LogP contribution < -0.4 is 5.32 Å². The second kappa shape index (κ2) is 5.03. The van der Waals surface area contributed by atoms with Crippen molar-refractivity contribution in [2.75, 3.05) is 26.3 Å². The number of nitrogens with one attached hydrogen (secondary N) is 1. The zero-order valence-electron chi connectivity index (χ0n) is 11.0. The highest BCUT2D eigenvalue weighted by atomic mass is 16.5. The largest absolute Gasteiger partial charge is 0.381 e. The first-order chi connectivity index (χ1) is 7.60. The van der Waals surface area contributed by atoms with Gasteiger partial charge >= 0.3 is 0 Å². The van der Waals surface area contributed by atoms with Gasteiger partial charge in [-0.3, -0.25) is 4.90 Å². The Bertz CT molecular complexity index is 224. The molecule has 0 aromatic heterocycles. The summed E-state index contributed by atoms with van der Waals surface area (Å²) in [5, 5.41) is 3.66. The average molecular weight is 226 g/mol. The van der Waals surface area contributed by atoms with Crippen LogP contribution in [0, 0.1) is 0 Å². The lowest BCUT2D eigenvalue weighted by atomic mass is 9.91. The Kier molecular flexibility index (Phi) is 3.88. The quantitative estimate of drug-likeness (QED) is 0.791. The zero-order valence-corrected chi connectivity index (χ0v) is 11.0. The predicted octanol–water partition coefficient (Wildman–Crippen LogP) is 1.63. The Morgan fingerprint density at radius 1 is 1.31 bits per heavy atom. The summed E-state index contributed by atoms with van der Waals surface area (Å²) in [6.07, 6.45) is 3.69. The van der Waals surface area contributed by atoms with Crippen molar-refractivity contribution < 1.29 is 4.74 Å². The topological polar surface area (TPSA) is 24.5 Å². The number of hydrogen-bond acceptors (Lipinski definition) is 3. The number of likely N-dealkylation sites (tertiary alicyclic amines) is 1. The molecule has 2 rings (SSSR count). The molecule has 94 valence electrons. The van der Waals surface area contributed by atoms with Gasteiger partial charge in [-0.05, 0) is 26.2 Å². The lowest BCUT2D eigenvalue weighted by Crippen LogP contribution is -2.50. The van der Waals surface area contributed by atoms with Crippen molar-refractivity contribution in [1.29, 1.82) is 0 Å². The van der Waals surface area contributed by atoms with Crippen LogP contribution in [0.3, 0.4) is 0 Å². The van der Waals surface area contributed by atoms with Gasteiger partial charge in [0.05, 0.1) is 0 Å². The monoisotopic (exact) mass is 226 g/mol. The molecule has 0 bridgehead atoms. The molecule has 0 saturated carbocycles. The summed E-state index contributed by atoms with van der Waals surface area (Å²) < 4.78 is 5.47. The zero-order chi connectivity index (χ0) is 11.6. The van der Waals surface area contributed by atoms with Crippen molar-refractivity contribution in [3.05, 3.63) is 0 Å². The van der Waals surface area contributed by atoms with Crippen molar-refractivity contribution in [1.82, 2.24) is 10.2 Å². The summed E-state index contributed by atoms with van der Waals surface area (Å²) in [7, 11) is 0. The standard InChI is InChI=1S/C13H26N2O/c1-11(2)14-12-4-7-15(10-12)13(3)5-8-16-9-6-13/h11-12,14H,4-10H2,1-3H3. The van der Waals surface area contributed by atoms with Crippen molar-refractivity contribution in [3.63, 3.8) is 0 Å². The fraction of sp³-hybridized carbons (Fsp3) is 1.00. The maximum absolute atomic E-state index is 5.47. The van der Waals surface area contributed by atoms with Crippen LogP contribution in [0.5, 0.6) is 0 Å². The summed E-state index contributed by atoms with van der Waals surface area (Å²) in [6.45, 7) is 11.2. The number of rotatable bonds is 3. The molecule has 2 aliphatic rings. The minimum atomic E-state index is 0.395. The van der Waals surface area contributed by atoms with Gasteiger partial charge in [-0.25, -0.2) is 0 Å². The van der Waals surface area contributed by atoms with Gasteiger partial charge in [-0.1, -0.05) is 13.8 Å². The van der Waals surface area contributed by atoms with Crippen LogP contribution in [-0.4, -0.2) is 48.8 Å². The Hall–Kier alpha value is -0.120. The summed E-state index contributed by atoms with van der Waals surface area (Å²) in [5.41, 5.74) is 0.395. The number of ether oxygens (including phenoxy) is 1. The van der Waals surface area contributed by atoms with Crippen molar-refractivity contribution in [2.45, 2.75) is 57.7 Å². The van der Waals surface area contributed by atoms with E-state index in [9.17, 15) is 0 Å². The number of nitrogens with zero attached hydrogens (tertiary/aromatic N) is 1. The van der Waals surface area contributed by atoms with E-state index in [1.54, 1.807) is 0 Å². The molecule has 0 aromatic carbocycles. The highest BCUT2D eigenvalue weighted by Gasteiger charge is 2.37. The lowest BCUT2D eigenvalue weighted by Gasteiger charge is -2.42. The van der Waals surface area contributed by atoms with E-state index >= 15 is 0 Å². The fourth-order valence-electron chi connectivity index (χ4n) is 2.99. The summed E-state index contributed by atoms with van der Waals surface area (Å²) in [4.78, 5) is 2.68. The summed E-state index contributed by atoms with van der Waals surface area (Å²) >= 11 is 0. The minimum Gasteiger partial charge on any atom is -0.381 e. The van der Waals surface area contributed by atoms with E-state index in [2.05, 4.69) is 31.0 Å². The van der Waals surface area contributed by atoms with Gasteiger partial charge in [0.15, 0.2) is 0 Å². The van der Waals surface area contributed by atoms with Gasteiger partial charge in [-0.2, -0.15) is 0 Å². The summed E-state index contributed by atoms with van der Waals surface area (Å²) in [5.74, 6) is 0. The molecule has 1 unspecified atom stereocenters. The van der Waals surface area contributed by atoms with Crippen LogP contribution in [0.2, 0.25) is 0 Å². The fourth-order valence-corrected chi connectivity index (χ4v) is 2.99. The molecule has 3 heteroatoms. The van der Waals surface area contributed by atoms with Crippen molar-refractivity contribution in [3.8, 4) is 0 Å². The molecule has 2 heterocycles. The maximum Gasteiger partial charge on any atom is 0.0483 e. The molecule has 0 aromatic rings. The summed E-state index contributed by atoms with van der Waals surface area (Å²) in [6, 6.07) is 1.30. The van der Waals surface area contributed by atoms with Gasteiger partial charge in [0.1, 0.15) is 0 Å². The molecule has 2 saturated heterocycles. The molecule has 0 spiro atoms. The first kappa shape index (κ1) is 12.3. The van der Waals surface area contributed by atoms with Crippen LogP contribution in [0.25, 0.3) is 0 Å². The van der Waals surface area contributed by atoms with Crippen LogP contribution in [0.15, 0.2) is 0 Å². The molecule has 0 aliphatic carbocycles. The molecular weight excluding hydrogens is 200 g/mol. The average Bonchev–Trinajstić information content (AvgIpc) is 2.67. The molecule has 2 fully saturated rings. The highest BCUT2D eigenvalue weighted by molar-refractivity contribution is 4.94. The van der Waals surface area contributed by atoms with Gasteiger partial charge in [0.25, 0.3) is 0 Å². The molecule has 3 nitrogen and oxygen atoms in total. The van der Waals surface area contributed by atoms with E-state index in [4.69, 9.17) is 4.74 Å². The molecule has 0 radical (unpaired) electrons. The van der Waals surface area contributed by atoms with E-state index in [0.717, 1.165) is 13.2 Å². The minimum absolute atomic E-state index is 0.395. The third-order valence-electron chi connectivity index (χ3n) is 4.09. The van der Waals surface area contributed by atoms with Crippen LogP contribution in [0.4, 0.5) is 0 Å². The van der Waals surface area contributed by atoms with E-state index in [1.807, 2.05) is 0 Å². The van der Waals surface area contributed by atoms with Gasteiger partial charge < -0.3 is 10.1 Å². The molecule has 1 atom stereocenters. The molecular formula is C13H26N2O. The molecule has 16 heavy (non-hydrogen) atoms. The Morgan fingerprint density at radius 2 is 2.00 bits per heavy atom. The van der Waals surface area contributed by atoms with Crippen LogP contribution in [0.1, 0.15) is 40.0 Å². The molecule has 1 N–H and O–H groups in total. The molecule has 0 amide bonds. The van der Waals surface area contributed by atoms with Gasteiger partial charge in [0, 0.05) is 43.9 Å². The second-order valence-corrected chi connectivity index (χ2v) is 5.86. The van der Waals surface area contributed by atoms with Crippen molar-refractivity contribution in [2.24, 2.45) is 0 Å². The first-order valence-corrected chi connectivity index (χ1v) is 6.69. The van der Waals surface area contributed by atoms with E-state index in [-0.39, 0.29) is 0 Å². The Morgan fingerprint density at radius 3 is 2.62 bits per heavy atom. The second-order valence-electron chi connectivity index (χ2n) is 5.86. The predicted molar refractivity (Wildman–Crippen MR) is 66.7 cm³/mol. The van der Waals surface area contributed by atoms with E-state index in [0.29, 0.717) is 17.6 Å². The van der Waals surface area contributed by atoms with Crippen LogP contribution >= 0.6 is 0 Å². The van der Waals surface area contributed by atoms with Gasteiger partial charge in [-0.15, -0.1) is 0 Å². The highest BCUT2D eigenvalue weighted by Crippen LogP contribution is 2.30. The third kappa shape index (κ3) is 2.76.